The Bertz CT molecular complexity index is 380. The smallest absolute Gasteiger partial charge is 0.314 e. The zero-order valence-corrected chi connectivity index (χ0v) is 16.3. The molecule has 0 saturated carbocycles. The fourth-order valence-corrected chi connectivity index (χ4v) is 2.79. The Hall–Kier alpha value is -1.30. The number of hydrogen-bond donors (Lipinski definition) is 3. The van der Waals surface area contributed by atoms with E-state index < -0.39 is 12.0 Å². The molecule has 1 atom stereocenters. The van der Waals surface area contributed by atoms with Crippen LogP contribution in [0.25, 0.3) is 0 Å². The molecule has 0 rings (SSSR count). The first-order valence-electron chi connectivity index (χ1n) is 9.56. The second kappa shape index (κ2) is 13.0. The SMILES string of the molecule is CC(C)(C)CCCC(O)CCCN(CCCCCCC(=O)O)C(N)=O. The second-order valence-electron chi connectivity index (χ2n) is 8.13. The number of unbranched alkanes of at least 4 members (excludes halogenated alkanes) is 3. The minimum Gasteiger partial charge on any atom is -0.481 e. The Morgan fingerprint density at radius 2 is 1.52 bits per heavy atom. The summed E-state index contributed by atoms with van der Waals surface area (Å²) in [6, 6.07) is -0.423. The van der Waals surface area contributed by atoms with E-state index in [4.69, 9.17) is 10.8 Å². The van der Waals surface area contributed by atoms with E-state index in [1.165, 1.54) is 0 Å². The summed E-state index contributed by atoms with van der Waals surface area (Å²) in [5.41, 5.74) is 5.71. The van der Waals surface area contributed by atoms with Gasteiger partial charge >= 0.3 is 12.0 Å². The summed E-state index contributed by atoms with van der Waals surface area (Å²) < 4.78 is 0. The van der Waals surface area contributed by atoms with Gasteiger partial charge in [0.05, 0.1) is 6.10 Å². The second-order valence-corrected chi connectivity index (χ2v) is 8.13. The fraction of sp³-hybridized carbons (Fsp3) is 0.895. The number of aliphatic hydroxyl groups is 1. The highest BCUT2D eigenvalue weighted by Crippen LogP contribution is 2.22. The number of rotatable bonds is 14. The highest BCUT2D eigenvalue weighted by atomic mass is 16.4. The van der Waals surface area contributed by atoms with E-state index in [0.717, 1.165) is 44.9 Å². The van der Waals surface area contributed by atoms with Gasteiger partial charge in [-0.05, 0) is 43.9 Å². The van der Waals surface area contributed by atoms with Crippen molar-refractivity contribution in [3.63, 3.8) is 0 Å². The van der Waals surface area contributed by atoms with Crippen LogP contribution in [-0.2, 0) is 4.79 Å². The van der Waals surface area contributed by atoms with Gasteiger partial charge in [-0.15, -0.1) is 0 Å². The molecule has 25 heavy (non-hydrogen) atoms. The number of carbonyl (C=O) groups is 2. The van der Waals surface area contributed by atoms with E-state index in [-0.39, 0.29) is 12.5 Å². The first-order valence-corrected chi connectivity index (χ1v) is 9.56. The number of aliphatic carboxylic acids is 1. The van der Waals surface area contributed by atoms with Crippen LogP contribution in [0.4, 0.5) is 4.79 Å². The van der Waals surface area contributed by atoms with Crippen LogP contribution in [0.1, 0.15) is 85.0 Å². The summed E-state index contributed by atoms with van der Waals surface area (Å²) in [5.74, 6) is -0.764. The van der Waals surface area contributed by atoms with Crippen molar-refractivity contribution in [3.05, 3.63) is 0 Å². The van der Waals surface area contributed by atoms with Gasteiger partial charge in [0.1, 0.15) is 0 Å². The minimum atomic E-state index is -0.764. The van der Waals surface area contributed by atoms with Gasteiger partial charge in [-0.2, -0.15) is 0 Å². The molecule has 0 aliphatic carbocycles. The van der Waals surface area contributed by atoms with Gasteiger partial charge in [0, 0.05) is 19.5 Å². The standard InChI is InChI=1S/C19H38N2O4/c1-19(2,3)13-8-10-16(22)11-9-15-21(18(20)25)14-7-5-4-6-12-17(23)24/h16,22H,4-15H2,1-3H3,(H2,20,25)(H,23,24). The van der Waals surface area contributed by atoms with Crippen molar-refractivity contribution in [2.45, 2.75) is 91.1 Å². The Balaban J connectivity index is 3.81. The quantitative estimate of drug-likeness (QED) is 0.411. The summed E-state index contributed by atoms with van der Waals surface area (Å²) in [4.78, 5) is 23.5. The normalized spacial score (nSPS) is 12.8. The van der Waals surface area contributed by atoms with Crippen molar-refractivity contribution in [2.24, 2.45) is 11.1 Å². The van der Waals surface area contributed by atoms with Gasteiger partial charge in [0.15, 0.2) is 0 Å². The number of amides is 2. The lowest BCUT2D eigenvalue weighted by Crippen LogP contribution is -2.37. The van der Waals surface area contributed by atoms with Gasteiger partial charge in [0.25, 0.3) is 0 Å². The lowest BCUT2D eigenvalue weighted by atomic mass is 9.89. The van der Waals surface area contributed by atoms with Crippen LogP contribution in [0.3, 0.4) is 0 Å². The predicted octanol–water partition coefficient (Wildman–Crippen LogP) is 3.76. The maximum Gasteiger partial charge on any atom is 0.314 e. The number of nitrogens with two attached hydrogens (primary N) is 1. The van der Waals surface area contributed by atoms with Crippen molar-refractivity contribution < 1.29 is 19.8 Å². The number of carbonyl (C=O) groups excluding carboxylic acids is 1. The van der Waals surface area contributed by atoms with E-state index in [9.17, 15) is 14.7 Å². The van der Waals surface area contributed by atoms with Gasteiger partial charge in [-0.1, -0.05) is 40.0 Å². The van der Waals surface area contributed by atoms with E-state index in [0.29, 0.717) is 31.3 Å². The molecule has 4 N–H and O–H groups in total. The van der Waals surface area contributed by atoms with E-state index in [1.54, 1.807) is 4.90 Å². The summed E-state index contributed by atoms with van der Waals surface area (Å²) in [6.45, 7) is 7.77. The van der Waals surface area contributed by atoms with Crippen LogP contribution in [-0.4, -0.2) is 46.3 Å². The highest BCUT2D eigenvalue weighted by molar-refractivity contribution is 5.71. The van der Waals surface area contributed by atoms with Crippen molar-refractivity contribution in [1.29, 1.82) is 0 Å². The molecule has 0 aliphatic rings. The van der Waals surface area contributed by atoms with Crippen LogP contribution in [0.2, 0.25) is 0 Å². The van der Waals surface area contributed by atoms with Crippen molar-refractivity contribution in [2.75, 3.05) is 13.1 Å². The molecule has 0 radical (unpaired) electrons. The summed E-state index contributed by atoms with van der Waals surface area (Å²) in [6.07, 6.45) is 7.49. The number of hydrogen-bond acceptors (Lipinski definition) is 3. The van der Waals surface area contributed by atoms with E-state index >= 15 is 0 Å². The Morgan fingerprint density at radius 1 is 0.960 bits per heavy atom. The molecular weight excluding hydrogens is 320 g/mol. The molecule has 0 aromatic carbocycles. The zero-order chi connectivity index (χ0) is 19.3. The molecule has 2 amide bonds. The molecule has 0 heterocycles. The van der Waals surface area contributed by atoms with Crippen molar-refractivity contribution >= 4 is 12.0 Å². The average Bonchev–Trinajstić information content (AvgIpc) is 2.46. The van der Waals surface area contributed by atoms with Gasteiger partial charge in [-0.25, -0.2) is 4.79 Å². The van der Waals surface area contributed by atoms with Crippen LogP contribution < -0.4 is 5.73 Å². The molecule has 0 fully saturated rings. The van der Waals surface area contributed by atoms with Gasteiger partial charge < -0.3 is 20.8 Å². The number of primary amides is 1. The molecule has 0 saturated heterocycles. The number of carboxylic acids is 1. The van der Waals surface area contributed by atoms with Crippen molar-refractivity contribution in [1.82, 2.24) is 4.90 Å². The van der Waals surface area contributed by atoms with Crippen LogP contribution in [0.15, 0.2) is 0 Å². The van der Waals surface area contributed by atoms with Gasteiger partial charge in [-0.3, -0.25) is 4.79 Å². The molecule has 6 heteroatoms. The first kappa shape index (κ1) is 23.7. The number of carboxylic acid groups (broad SMARTS) is 1. The summed E-state index contributed by atoms with van der Waals surface area (Å²) >= 11 is 0. The highest BCUT2D eigenvalue weighted by Gasteiger charge is 2.13. The third-order valence-corrected chi connectivity index (χ3v) is 4.31. The number of aliphatic hydroxyl groups excluding tert-OH is 1. The Labute approximate surface area is 152 Å². The lowest BCUT2D eigenvalue weighted by Gasteiger charge is -2.22. The molecule has 0 aromatic rings. The zero-order valence-electron chi connectivity index (χ0n) is 16.3. The monoisotopic (exact) mass is 358 g/mol. The predicted molar refractivity (Wildman–Crippen MR) is 100 cm³/mol. The average molecular weight is 359 g/mol. The van der Waals surface area contributed by atoms with E-state index in [1.807, 2.05) is 0 Å². The maximum absolute atomic E-state index is 11.5. The molecular formula is C19H38N2O4. The fourth-order valence-electron chi connectivity index (χ4n) is 2.79. The number of urea groups is 1. The molecule has 0 spiro atoms. The molecule has 0 aliphatic heterocycles. The summed E-state index contributed by atoms with van der Waals surface area (Å²) in [5, 5.41) is 18.6. The van der Waals surface area contributed by atoms with Crippen LogP contribution in [0.5, 0.6) is 0 Å². The maximum atomic E-state index is 11.5. The van der Waals surface area contributed by atoms with Crippen molar-refractivity contribution in [3.8, 4) is 0 Å². The summed E-state index contributed by atoms with van der Waals surface area (Å²) in [7, 11) is 0. The Kier molecular flexibility index (Phi) is 12.3. The molecule has 0 bridgehead atoms. The third-order valence-electron chi connectivity index (χ3n) is 4.31. The van der Waals surface area contributed by atoms with E-state index in [2.05, 4.69) is 20.8 Å². The largest absolute Gasteiger partial charge is 0.481 e. The minimum absolute atomic E-state index is 0.201. The molecule has 0 aromatic heterocycles. The molecule has 148 valence electrons. The first-order chi connectivity index (χ1) is 11.6. The van der Waals surface area contributed by atoms with Crippen LogP contribution >= 0.6 is 0 Å². The number of nitrogens with zero attached hydrogens (tertiary/aromatic N) is 1. The van der Waals surface area contributed by atoms with Gasteiger partial charge in [0.2, 0.25) is 0 Å². The Morgan fingerprint density at radius 3 is 2.08 bits per heavy atom. The lowest BCUT2D eigenvalue weighted by molar-refractivity contribution is -0.137. The molecule has 6 nitrogen and oxygen atoms in total. The topological polar surface area (TPSA) is 104 Å². The molecule has 1 unspecified atom stereocenters. The van der Waals surface area contributed by atoms with Crippen LogP contribution in [0, 0.1) is 5.41 Å². The third kappa shape index (κ3) is 15.9.